The van der Waals surface area contributed by atoms with Crippen molar-refractivity contribution in [2.24, 2.45) is 11.1 Å². The number of ether oxygens (including phenoxy) is 1. The number of hydrogen-bond acceptors (Lipinski definition) is 4. The lowest BCUT2D eigenvalue weighted by molar-refractivity contribution is -0.141. The number of carbonyl (C=O) groups excluding carboxylic acids is 1. The summed E-state index contributed by atoms with van der Waals surface area (Å²) in [6, 6.07) is 0. The van der Waals surface area contributed by atoms with Gasteiger partial charge in [0.05, 0.1) is 19.2 Å². The maximum absolute atomic E-state index is 11.0. The zero-order valence-corrected chi connectivity index (χ0v) is 7.82. The number of hydrogen-bond donors (Lipinski definition) is 1. The van der Waals surface area contributed by atoms with Crippen LogP contribution in [0.5, 0.6) is 0 Å². The van der Waals surface area contributed by atoms with Crippen molar-refractivity contribution in [1.82, 2.24) is 0 Å². The fourth-order valence-electron chi connectivity index (χ4n) is 1.70. The van der Waals surface area contributed by atoms with Crippen LogP contribution in [0.4, 0.5) is 0 Å². The Bertz CT molecular complexity index is 213. The molecule has 74 valence electrons. The molecule has 4 heteroatoms. The van der Waals surface area contributed by atoms with Gasteiger partial charge in [0, 0.05) is 5.92 Å². The lowest BCUT2D eigenvalue weighted by atomic mass is 9.85. The second-order valence-corrected chi connectivity index (χ2v) is 3.31. The third-order valence-electron chi connectivity index (χ3n) is 2.48. The second-order valence-electron chi connectivity index (χ2n) is 3.31. The maximum atomic E-state index is 11.0. The van der Waals surface area contributed by atoms with Crippen molar-refractivity contribution < 1.29 is 14.7 Å². The lowest BCUT2D eigenvalue weighted by Gasteiger charge is -2.21. The summed E-state index contributed by atoms with van der Waals surface area (Å²) >= 11 is 0. The van der Waals surface area contributed by atoms with E-state index in [1.807, 2.05) is 0 Å². The molecule has 1 rings (SSSR count). The highest BCUT2D eigenvalue weighted by Gasteiger charge is 2.23. The standard InChI is InChI=1S/C9H15NO3/c1-13-9(11)6-7-4-2-3-5-8(7)10-12/h7,12H,2-6H2,1H3/b10-8+/t7-/m1/s1. The highest BCUT2D eigenvalue weighted by molar-refractivity contribution is 5.89. The molecular weight excluding hydrogens is 170 g/mol. The van der Waals surface area contributed by atoms with Gasteiger partial charge in [-0.2, -0.15) is 0 Å². The van der Waals surface area contributed by atoms with Gasteiger partial charge in [0.25, 0.3) is 0 Å². The summed E-state index contributed by atoms with van der Waals surface area (Å²) in [5.41, 5.74) is 0.747. The van der Waals surface area contributed by atoms with Crippen LogP contribution in [0.2, 0.25) is 0 Å². The predicted octanol–water partition coefficient (Wildman–Crippen LogP) is 1.57. The Kier molecular flexibility index (Phi) is 3.73. The van der Waals surface area contributed by atoms with Crippen LogP contribution in [-0.4, -0.2) is 24.0 Å². The normalized spacial score (nSPS) is 25.9. The Morgan fingerprint density at radius 3 is 3.08 bits per heavy atom. The van der Waals surface area contributed by atoms with Crippen molar-refractivity contribution in [3.05, 3.63) is 0 Å². The lowest BCUT2D eigenvalue weighted by Crippen LogP contribution is -2.22. The van der Waals surface area contributed by atoms with E-state index in [1.54, 1.807) is 0 Å². The minimum atomic E-state index is -0.229. The first-order chi connectivity index (χ1) is 6.27. The summed E-state index contributed by atoms with van der Waals surface area (Å²) in [5, 5.41) is 11.9. The number of esters is 1. The molecule has 13 heavy (non-hydrogen) atoms. The van der Waals surface area contributed by atoms with Crippen LogP contribution >= 0.6 is 0 Å². The Hall–Kier alpha value is -1.06. The van der Waals surface area contributed by atoms with Crippen molar-refractivity contribution >= 4 is 11.7 Å². The Labute approximate surface area is 77.6 Å². The van der Waals surface area contributed by atoms with Gasteiger partial charge in [-0.15, -0.1) is 0 Å². The van der Waals surface area contributed by atoms with E-state index in [0.717, 1.165) is 31.4 Å². The van der Waals surface area contributed by atoms with Crippen LogP contribution in [0.1, 0.15) is 32.1 Å². The van der Waals surface area contributed by atoms with Gasteiger partial charge in [0.2, 0.25) is 0 Å². The predicted molar refractivity (Wildman–Crippen MR) is 47.8 cm³/mol. The molecule has 0 aromatic heterocycles. The number of rotatable bonds is 2. The summed E-state index contributed by atoms with van der Waals surface area (Å²) in [6.07, 6.45) is 4.22. The Morgan fingerprint density at radius 1 is 1.69 bits per heavy atom. The molecule has 1 N–H and O–H groups in total. The molecule has 0 amide bonds. The minimum absolute atomic E-state index is 0.0891. The summed E-state index contributed by atoms with van der Waals surface area (Å²) in [7, 11) is 1.38. The van der Waals surface area contributed by atoms with E-state index in [1.165, 1.54) is 7.11 Å². The molecule has 0 heterocycles. The minimum Gasteiger partial charge on any atom is -0.469 e. The molecule has 1 atom stereocenters. The summed E-state index contributed by atoms with van der Waals surface area (Å²) < 4.78 is 4.57. The van der Waals surface area contributed by atoms with Crippen molar-refractivity contribution in [3.63, 3.8) is 0 Å². The number of carbonyl (C=O) groups is 1. The molecule has 0 aliphatic heterocycles. The van der Waals surface area contributed by atoms with Gasteiger partial charge in [0.15, 0.2) is 0 Å². The highest BCUT2D eigenvalue weighted by Crippen LogP contribution is 2.24. The van der Waals surface area contributed by atoms with E-state index in [4.69, 9.17) is 5.21 Å². The van der Waals surface area contributed by atoms with E-state index in [0.29, 0.717) is 6.42 Å². The van der Waals surface area contributed by atoms with E-state index in [-0.39, 0.29) is 11.9 Å². The molecule has 0 aromatic rings. The fourth-order valence-corrected chi connectivity index (χ4v) is 1.70. The van der Waals surface area contributed by atoms with Gasteiger partial charge in [-0.1, -0.05) is 11.6 Å². The van der Waals surface area contributed by atoms with Crippen LogP contribution in [0.25, 0.3) is 0 Å². The van der Waals surface area contributed by atoms with Crippen molar-refractivity contribution in [3.8, 4) is 0 Å². The van der Waals surface area contributed by atoms with E-state index >= 15 is 0 Å². The van der Waals surface area contributed by atoms with Crippen LogP contribution in [0, 0.1) is 5.92 Å². The summed E-state index contributed by atoms with van der Waals surface area (Å²) in [5.74, 6) is -0.140. The molecule has 4 nitrogen and oxygen atoms in total. The zero-order chi connectivity index (χ0) is 9.68. The van der Waals surface area contributed by atoms with Crippen LogP contribution in [0.3, 0.4) is 0 Å². The molecule has 1 aliphatic carbocycles. The smallest absolute Gasteiger partial charge is 0.306 e. The first-order valence-corrected chi connectivity index (χ1v) is 4.55. The molecule has 0 aromatic carbocycles. The average Bonchev–Trinajstić information content (AvgIpc) is 2.18. The van der Waals surface area contributed by atoms with Crippen molar-refractivity contribution in [2.45, 2.75) is 32.1 Å². The van der Waals surface area contributed by atoms with Crippen molar-refractivity contribution in [1.29, 1.82) is 0 Å². The number of methoxy groups -OCH3 is 1. The monoisotopic (exact) mass is 185 g/mol. The van der Waals surface area contributed by atoms with Crippen LogP contribution in [-0.2, 0) is 9.53 Å². The fraction of sp³-hybridized carbons (Fsp3) is 0.778. The summed E-state index contributed by atoms with van der Waals surface area (Å²) in [6.45, 7) is 0. The molecular formula is C9H15NO3. The molecule has 1 aliphatic rings. The van der Waals surface area contributed by atoms with Gasteiger partial charge in [-0.05, 0) is 19.3 Å². The third kappa shape index (κ3) is 2.72. The second kappa shape index (κ2) is 4.84. The molecule has 0 spiro atoms. The first-order valence-electron chi connectivity index (χ1n) is 4.55. The average molecular weight is 185 g/mol. The first kappa shape index (κ1) is 10.0. The van der Waals surface area contributed by atoms with Gasteiger partial charge < -0.3 is 9.94 Å². The van der Waals surface area contributed by atoms with Gasteiger partial charge in [-0.25, -0.2) is 0 Å². The van der Waals surface area contributed by atoms with Crippen LogP contribution < -0.4 is 0 Å². The highest BCUT2D eigenvalue weighted by atomic mass is 16.5. The van der Waals surface area contributed by atoms with Crippen molar-refractivity contribution in [2.75, 3.05) is 7.11 Å². The van der Waals surface area contributed by atoms with E-state index < -0.39 is 0 Å². The van der Waals surface area contributed by atoms with Crippen LogP contribution in [0.15, 0.2) is 5.16 Å². The topological polar surface area (TPSA) is 58.9 Å². The maximum Gasteiger partial charge on any atom is 0.306 e. The SMILES string of the molecule is COC(=O)C[C@H]1CCCC/C1=N\O. The molecule has 0 saturated heterocycles. The summed E-state index contributed by atoms with van der Waals surface area (Å²) in [4.78, 5) is 11.0. The van der Waals surface area contributed by atoms with Gasteiger partial charge >= 0.3 is 5.97 Å². The molecule has 1 fully saturated rings. The van der Waals surface area contributed by atoms with E-state index in [2.05, 4.69) is 9.89 Å². The largest absolute Gasteiger partial charge is 0.469 e. The van der Waals surface area contributed by atoms with Gasteiger partial charge in [0.1, 0.15) is 0 Å². The molecule has 1 saturated carbocycles. The number of nitrogens with zero attached hydrogens (tertiary/aromatic N) is 1. The zero-order valence-electron chi connectivity index (χ0n) is 7.82. The third-order valence-corrected chi connectivity index (χ3v) is 2.48. The Morgan fingerprint density at radius 2 is 2.46 bits per heavy atom. The Balaban J connectivity index is 2.50. The molecule has 0 radical (unpaired) electrons. The van der Waals surface area contributed by atoms with E-state index in [9.17, 15) is 4.79 Å². The molecule has 0 bridgehead atoms. The molecule has 0 unspecified atom stereocenters. The van der Waals surface area contributed by atoms with Gasteiger partial charge in [-0.3, -0.25) is 4.79 Å². The quantitative estimate of drug-likeness (QED) is 0.403. The number of oxime groups is 1.